The third-order valence-electron chi connectivity index (χ3n) is 37.0. The van der Waals surface area contributed by atoms with E-state index in [1.165, 1.54) is 129 Å². The predicted octanol–water partition coefficient (Wildman–Crippen LogP) is 37.0. The lowest BCUT2D eigenvalue weighted by molar-refractivity contribution is -0.158. The molecule has 0 aromatic rings. The van der Waals surface area contributed by atoms with Crippen molar-refractivity contribution in [2.75, 3.05) is 19.8 Å². The lowest BCUT2D eigenvalue weighted by Crippen LogP contribution is -2.49. The SMILES string of the molecule is CC(=O)OCC1(C(C)(C)C)CC1.CC(C)(C)C1(C)CC1.CC(C)(C)C1(C)CC1.CC(C)(C)C1(C)CC1.CC(C)(C)C1(C)CC1.CC(C)(C)C1(C)CC1(F)F.CC(C)(C)C1(C)CC1(F)F.CC(C)(C)C1(C)CCC1.CC(C)(C)C1(C)CCC1.CC(C)(C)C1(C)COC1.CC(C)C1CC1(C)F.CC(C)C1CC1C(C)(C)F.CCC1(C(C)(C)C)CC1. The fourth-order valence-electron chi connectivity index (χ4n) is 16.3. The fourth-order valence-corrected chi connectivity index (χ4v) is 16.3. The van der Waals surface area contributed by atoms with Gasteiger partial charge < -0.3 is 9.47 Å². The highest BCUT2D eigenvalue weighted by Gasteiger charge is 2.73. The number of hydrogen-bond acceptors (Lipinski definition) is 3. The summed E-state index contributed by atoms with van der Waals surface area (Å²) in [5.74, 6) is -2.44. The van der Waals surface area contributed by atoms with Crippen LogP contribution in [0, 0.1) is 149 Å². The number of carbonyl (C=O) groups excluding carboxylic acids is 1. The summed E-state index contributed by atoms with van der Waals surface area (Å²) in [6.07, 6.45) is 28.9. The van der Waals surface area contributed by atoms with Crippen LogP contribution in [0.5, 0.6) is 0 Å². The van der Waals surface area contributed by atoms with Crippen LogP contribution in [-0.4, -0.2) is 49.0 Å². The van der Waals surface area contributed by atoms with Crippen LogP contribution in [0.1, 0.15) is 501 Å². The largest absolute Gasteiger partial charge is 0.465 e. The Morgan fingerprint density at radius 1 is 0.356 bits per heavy atom. The highest BCUT2D eigenvalue weighted by Crippen LogP contribution is 2.71. The van der Waals surface area contributed by atoms with E-state index in [9.17, 15) is 31.1 Å². The van der Waals surface area contributed by atoms with Gasteiger partial charge in [0, 0.05) is 41.4 Å². The Hall–Kier alpha value is -0.990. The summed E-state index contributed by atoms with van der Waals surface area (Å²) in [6, 6.07) is 0. The smallest absolute Gasteiger partial charge is 0.302 e. The van der Waals surface area contributed by atoms with E-state index in [0.29, 0.717) is 117 Å². The molecule has 0 spiro atoms. The zero-order valence-corrected chi connectivity index (χ0v) is 89.3. The van der Waals surface area contributed by atoms with Crippen LogP contribution in [0.4, 0.5) is 26.3 Å². The van der Waals surface area contributed by atoms with E-state index < -0.39 is 34.0 Å². The Morgan fingerprint density at radius 3 is 0.619 bits per heavy atom. The second-order valence-corrected chi connectivity index (χ2v) is 56.6. The monoisotopic (exact) mass is 1680 g/mol. The quantitative estimate of drug-likeness (QED) is 0.196. The van der Waals surface area contributed by atoms with Crippen LogP contribution >= 0.6 is 0 Å². The van der Waals surface area contributed by atoms with Gasteiger partial charge >= 0.3 is 5.97 Å². The molecule has 1 aliphatic heterocycles. The van der Waals surface area contributed by atoms with Crippen LogP contribution in [0.15, 0.2) is 0 Å². The van der Waals surface area contributed by atoms with E-state index in [2.05, 4.69) is 270 Å². The number of halogens is 6. The van der Waals surface area contributed by atoms with E-state index in [0.717, 1.165) is 31.5 Å². The van der Waals surface area contributed by atoms with Gasteiger partial charge in [-0.3, -0.25) is 4.79 Å². The molecule has 13 rings (SSSR count). The summed E-state index contributed by atoms with van der Waals surface area (Å²) >= 11 is 0. The maximum atomic E-state index is 13.2. The Labute approximate surface area is 735 Å². The van der Waals surface area contributed by atoms with Gasteiger partial charge in [-0.05, 0) is 270 Å². The minimum absolute atomic E-state index is 0.0590. The lowest BCUT2D eigenvalue weighted by Gasteiger charge is -2.49. The van der Waals surface area contributed by atoms with Crippen LogP contribution < -0.4 is 0 Å². The maximum Gasteiger partial charge on any atom is 0.302 e. The molecular formula is C109H210F6O3. The summed E-state index contributed by atoms with van der Waals surface area (Å²) in [5, 5.41) is 0. The molecule has 13 fully saturated rings. The zero-order chi connectivity index (χ0) is 94.3. The second-order valence-electron chi connectivity index (χ2n) is 56.6. The summed E-state index contributed by atoms with van der Waals surface area (Å²) in [4.78, 5) is 10.6. The molecule has 0 N–H and O–H groups in total. The van der Waals surface area contributed by atoms with Gasteiger partial charge in [-0.1, -0.05) is 338 Å². The molecule has 12 saturated carbocycles. The molecule has 0 aromatic heterocycles. The topological polar surface area (TPSA) is 35.5 Å². The summed E-state index contributed by atoms with van der Waals surface area (Å²) in [6.45, 7) is 114. The van der Waals surface area contributed by atoms with E-state index in [-0.39, 0.29) is 40.5 Å². The molecule has 0 bridgehead atoms. The molecule has 118 heavy (non-hydrogen) atoms. The first-order valence-electron chi connectivity index (χ1n) is 48.3. The van der Waals surface area contributed by atoms with Crippen molar-refractivity contribution in [1.82, 2.24) is 0 Å². The van der Waals surface area contributed by atoms with Gasteiger partial charge in [-0.25, -0.2) is 26.3 Å². The molecule has 13 aliphatic rings. The van der Waals surface area contributed by atoms with Crippen molar-refractivity contribution in [3.63, 3.8) is 0 Å². The average Bonchev–Trinajstić information content (AvgIpc) is 1.55. The molecular weight excluding hydrogens is 1470 g/mol. The fraction of sp³-hybridized carbons (Fsp3) is 0.991. The molecule has 9 heteroatoms. The molecule has 0 amide bonds. The molecule has 6 unspecified atom stereocenters. The predicted molar refractivity (Wildman–Crippen MR) is 506 cm³/mol. The number of carbonyl (C=O) groups is 1. The van der Waals surface area contributed by atoms with Crippen molar-refractivity contribution < 1.29 is 40.6 Å². The normalized spacial score (nSPS) is 28.9. The van der Waals surface area contributed by atoms with Gasteiger partial charge in [-0.2, -0.15) is 0 Å². The Kier molecular flexibility index (Phi) is 37.0. The van der Waals surface area contributed by atoms with E-state index >= 15 is 0 Å². The number of ether oxygens (including phenoxy) is 2. The van der Waals surface area contributed by atoms with Crippen molar-refractivity contribution >= 4 is 5.97 Å². The molecule has 6 atom stereocenters. The minimum atomic E-state index is -2.41. The maximum absolute atomic E-state index is 13.2. The first-order chi connectivity index (χ1) is 51.5. The van der Waals surface area contributed by atoms with E-state index in [4.69, 9.17) is 9.47 Å². The summed E-state index contributed by atoms with van der Waals surface area (Å²) in [5.41, 5.74) is 6.22. The summed E-state index contributed by atoms with van der Waals surface area (Å²) < 4.78 is 86.8. The number of rotatable bonds is 6. The average molecular weight is 1680 g/mol. The lowest BCUT2D eigenvalue weighted by atomic mass is 9.56. The molecule has 1 heterocycles. The molecule has 706 valence electrons. The Balaban J connectivity index is 0.000000640. The molecule has 0 radical (unpaired) electrons. The van der Waals surface area contributed by atoms with Crippen LogP contribution in [-0.2, 0) is 14.3 Å². The first-order valence-corrected chi connectivity index (χ1v) is 48.3. The highest BCUT2D eigenvalue weighted by atomic mass is 19.3. The van der Waals surface area contributed by atoms with Crippen LogP contribution in [0.2, 0.25) is 0 Å². The number of hydrogen-bond donors (Lipinski definition) is 0. The Bertz CT molecular complexity index is 2760. The number of alkyl halides is 6. The summed E-state index contributed by atoms with van der Waals surface area (Å²) in [7, 11) is 0. The van der Waals surface area contributed by atoms with Crippen LogP contribution in [0.3, 0.4) is 0 Å². The van der Waals surface area contributed by atoms with E-state index in [1.54, 1.807) is 34.6 Å². The third-order valence-corrected chi connectivity index (χ3v) is 37.0. The highest BCUT2D eigenvalue weighted by molar-refractivity contribution is 5.66. The van der Waals surface area contributed by atoms with Crippen molar-refractivity contribution in [1.29, 1.82) is 0 Å². The van der Waals surface area contributed by atoms with Crippen molar-refractivity contribution in [3.05, 3.63) is 0 Å². The van der Waals surface area contributed by atoms with Gasteiger partial charge in [0.05, 0.1) is 19.8 Å². The molecule has 1 saturated heterocycles. The number of esters is 1. The van der Waals surface area contributed by atoms with Crippen molar-refractivity contribution in [2.24, 2.45) is 149 Å². The van der Waals surface area contributed by atoms with Crippen molar-refractivity contribution in [2.45, 2.75) is 524 Å². The van der Waals surface area contributed by atoms with Gasteiger partial charge in [0.2, 0.25) is 0 Å². The van der Waals surface area contributed by atoms with Gasteiger partial charge in [0.25, 0.3) is 11.8 Å². The third kappa shape index (κ3) is 32.0. The Morgan fingerprint density at radius 2 is 0.585 bits per heavy atom. The first kappa shape index (κ1) is 115. The second kappa shape index (κ2) is 38.0. The van der Waals surface area contributed by atoms with Crippen LogP contribution in [0.25, 0.3) is 0 Å². The van der Waals surface area contributed by atoms with Gasteiger partial charge in [-0.15, -0.1) is 0 Å². The minimum Gasteiger partial charge on any atom is -0.465 e. The molecule has 12 aliphatic carbocycles. The van der Waals surface area contributed by atoms with E-state index in [1.807, 2.05) is 41.5 Å². The standard InChI is InChI=1S/C10H18O2.C9H17F.3C9H18.2C8H14F2.C8H16O.4C8H16.C7H13F/c1-8(11)12-7-10(5-6-10)9(2,3)4;1-6(2)7-5-8(7)9(3,4)10;2*1-8(2,3)9(4)6-5-7-9;1-5-9(6-7-9)8(2,3)4;2*1-6(2,3)7(4)5-8(7,9)10;1-7(2,3)8(4)5-9-6-8;4*1-7(2,3)8(4)5-6-8;1-5(2)6-4-7(6,3)8/h5-7H2,1-4H3;6-8H,5H2,1-4H3;3*5-7H2,1-4H3;2*5H2,1-4H3;5-6H2,1-4H3;4*5-6H2,1-4H3;5-6H,4H2,1-3H3. The van der Waals surface area contributed by atoms with Gasteiger partial charge in [0.1, 0.15) is 11.3 Å². The zero-order valence-electron chi connectivity index (χ0n) is 89.3. The molecule has 3 nitrogen and oxygen atoms in total. The molecule has 0 aromatic carbocycles. The van der Waals surface area contributed by atoms with Gasteiger partial charge in [0.15, 0.2) is 0 Å². The van der Waals surface area contributed by atoms with Crippen molar-refractivity contribution in [3.8, 4) is 0 Å².